The second-order valence-corrected chi connectivity index (χ2v) is 11.9. The number of carbonyl (C=O) groups excluding carboxylic acids is 2. The van der Waals surface area contributed by atoms with E-state index in [1.165, 1.54) is 36.2 Å². The minimum Gasteiger partial charge on any atom is -0.352 e. The number of halogens is 2. The third kappa shape index (κ3) is 6.81. The van der Waals surface area contributed by atoms with E-state index in [-0.39, 0.29) is 23.4 Å². The molecule has 0 saturated heterocycles. The van der Waals surface area contributed by atoms with Crippen LogP contribution in [0.25, 0.3) is 0 Å². The van der Waals surface area contributed by atoms with Crippen molar-refractivity contribution < 1.29 is 18.0 Å². The Labute approximate surface area is 214 Å². The normalized spacial score (nSPS) is 15.3. The second-order valence-electron chi connectivity index (χ2n) is 8.53. The van der Waals surface area contributed by atoms with Crippen LogP contribution in [0.3, 0.4) is 0 Å². The first kappa shape index (κ1) is 26.7. The van der Waals surface area contributed by atoms with E-state index in [2.05, 4.69) is 21.2 Å². The molecule has 0 bridgehead atoms. The maximum Gasteiger partial charge on any atom is 0.243 e. The zero-order chi connectivity index (χ0) is 24.9. The monoisotopic (exact) mass is 569 g/mol. The minimum absolute atomic E-state index is 0.0404. The predicted molar refractivity (Wildman–Crippen MR) is 136 cm³/mol. The van der Waals surface area contributed by atoms with E-state index in [4.69, 9.17) is 11.6 Å². The lowest BCUT2D eigenvalue weighted by molar-refractivity contribution is -0.140. The zero-order valence-electron chi connectivity index (χ0n) is 19.2. The zero-order valence-corrected chi connectivity index (χ0v) is 22.4. The topological polar surface area (TPSA) is 86.8 Å². The number of rotatable bonds is 9. The third-order valence-electron chi connectivity index (χ3n) is 6.01. The molecule has 0 spiro atoms. The third-order valence-corrected chi connectivity index (χ3v) is 8.61. The Morgan fingerprint density at radius 2 is 1.68 bits per heavy atom. The molecule has 1 atom stereocenters. The van der Waals surface area contributed by atoms with Crippen LogP contribution in [0.1, 0.15) is 38.2 Å². The van der Waals surface area contributed by atoms with Crippen molar-refractivity contribution in [3.63, 3.8) is 0 Å². The summed E-state index contributed by atoms with van der Waals surface area (Å²) in [4.78, 5) is 27.8. The molecular formula is C24H29BrClN3O4S. The van der Waals surface area contributed by atoms with Crippen molar-refractivity contribution in [3.8, 4) is 0 Å². The van der Waals surface area contributed by atoms with Gasteiger partial charge in [0.1, 0.15) is 6.04 Å². The summed E-state index contributed by atoms with van der Waals surface area (Å²) in [5.74, 6) is -0.697. The molecule has 1 aliphatic carbocycles. The smallest absolute Gasteiger partial charge is 0.243 e. The lowest BCUT2D eigenvalue weighted by Gasteiger charge is -2.31. The van der Waals surface area contributed by atoms with Crippen molar-refractivity contribution in [1.29, 1.82) is 0 Å². The molecule has 0 heterocycles. The van der Waals surface area contributed by atoms with Gasteiger partial charge in [0.2, 0.25) is 21.8 Å². The van der Waals surface area contributed by atoms with Gasteiger partial charge >= 0.3 is 0 Å². The summed E-state index contributed by atoms with van der Waals surface area (Å²) in [5, 5.41) is 3.46. The molecule has 10 heteroatoms. The number of benzene rings is 2. The van der Waals surface area contributed by atoms with Gasteiger partial charge in [-0.05, 0) is 61.7 Å². The Morgan fingerprint density at radius 3 is 2.26 bits per heavy atom. The van der Waals surface area contributed by atoms with E-state index in [0.717, 1.165) is 40.0 Å². The minimum atomic E-state index is -3.91. The molecule has 7 nitrogen and oxygen atoms in total. The highest BCUT2D eigenvalue weighted by molar-refractivity contribution is 9.10. The van der Waals surface area contributed by atoms with Crippen molar-refractivity contribution in [3.05, 3.63) is 63.6 Å². The van der Waals surface area contributed by atoms with Crippen LogP contribution in [0.4, 0.5) is 0 Å². The largest absolute Gasteiger partial charge is 0.352 e. The first-order chi connectivity index (χ1) is 16.1. The van der Waals surface area contributed by atoms with E-state index in [0.29, 0.717) is 5.02 Å². The number of nitrogens with zero attached hydrogens (tertiary/aromatic N) is 2. The molecule has 2 amide bonds. The second kappa shape index (κ2) is 11.7. The van der Waals surface area contributed by atoms with Crippen molar-refractivity contribution in [2.75, 3.05) is 13.6 Å². The number of sulfonamides is 1. The summed E-state index contributed by atoms with van der Waals surface area (Å²) in [5.41, 5.74) is 0.834. The van der Waals surface area contributed by atoms with Gasteiger partial charge in [0.05, 0.1) is 11.4 Å². The van der Waals surface area contributed by atoms with Gasteiger partial charge < -0.3 is 10.2 Å². The van der Waals surface area contributed by atoms with Crippen LogP contribution in [-0.2, 0) is 26.2 Å². The Morgan fingerprint density at radius 1 is 1.09 bits per heavy atom. The molecule has 1 saturated carbocycles. The molecule has 1 N–H and O–H groups in total. The maximum absolute atomic E-state index is 13.3. The number of hydrogen-bond donors (Lipinski definition) is 1. The number of likely N-dealkylation sites (N-methyl/N-ethyl adjacent to an activating group) is 1. The van der Waals surface area contributed by atoms with Gasteiger partial charge in [-0.1, -0.05) is 52.5 Å². The van der Waals surface area contributed by atoms with Crippen molar-refractivity contribution in [2.45, 2.75) is 56.1 Å². The average molecular weight is 571 g/mol. The Hall–Kier alpha value is -1.94. The Kier molecular flexibility index (Phi) is 9.14. The fraction of sp³-hybridized carbons (Fsp3) is 0.417. The molecule has 1 aliphatic rings. The molecule has 0 aliphatic heterocycles. The van der Waals surface area contributed by atoms with Crippen LogP contribution in [0.15, 0.2) is 57.9 Å². The van der Waals surface area contributed by atoms with Crippen LogP contribution < -0.4 is 5.32 Å². The highest BCUT2D eigenvalue weighted by atomic mass is 79.9. The molecule has 184 valence electrons. The number of hydrogen-bond acceptors (Lipinski definition) is 4. The summed E-state index contributed by atoms with van der Waals surface area (Å²) in [6.07, 6.45) is 4.02. The molecule has 0 unspecified atom stereocenters. The van der Waals surface area contributed by atoms with E-state index in [1.54, 1.807) is 6.92 Å². The van der Waals surface area contributed by atoms with Crippen molar-refractivity contribution in [2.24, 2.45) is 0 Å². The number of amides is 2. The molecule has 1 fully saturated rings. The number of nitrogens with one attached hydrogen (secondary N) is 1. The van der Waals surface area contributed by atoms with E-state index in [9.17, 15) is 18.0 Å². The average Bonchev–Trinajstić information content (AvgIpc) is 3.31. The Bertz CT molecular complexity index is 1100. The molecule has 2 aromatic carbocycles. The van der Waals surface area contributed by atoms with Crippen molar-refractivity contribution >= 4 is 49.4 Å². The van der Waals surface area contributed by atoms with Gasteiger partial charge in [-0.2, -0.15) is 4.31 Å². The SMILES string of the molecule is C[C@H](C(=O)NC1CCCC1)N(Cc1ccc(Br)cc1)C(=O)CN(C)S(=O)(=O)c1ccc(Cl)cc1. The molecule has 0 aromatic heterocycles. The van der Waals surface area contributed by atoms with Gasteiger partial charge in [0.15, 0.2) is 0 Å². The predicted octanol–water partition coefficient (Wildman–Crippen LogP) is 4.20. The van der Waals surface area contributed by atoms with Crippen molar-refractivity contribution in [1.82, 2.24) is 14.5 Å². The van der Waals surface area contributed by atoms with Crippen LogP contribution in [-0.4, -0.2) is 55.1 Å². The quantitative estimate of drug-likeness (QED) is 0.490. The molecular weight excluding hydrogens is 542 g/mol. The summed E-state index contributed by atoms with van der Waals surface area (Å²) >= 11 is 9.27. The molecule has 2 aromatic rings. The van der Waals surface area contributed by atoms with Crippen LogP contribution in [0.2, 0.25) is 5.02 Å². The lowest BCUT2D eigenvalue weighted by Crippen LogP contribution is -2.52. The Balaban J connectivity index is 1.78. The van der Waals surface area contributed by atoms with E-state index in [1.807, 2.05) is 24.3 Å². The molecule has 3 rings (SSSR count). The maximum atomic E-state index is 13.3. The van der Waals surface area contributed by atoms with Crippen LogP contribution in [0, 0.1) is 0 Å². The van der Waals surface area contributed by atoms with Gasteiger partial charge in [-0.25, -0.2) is 8.42 Å². The van der Waals surface area contributed by atoms with Crippen LogP contribution in [0.5, 0.6) is 0 Å². The number of carbonyl (C=O) groups is 2. The van der Waals surface area contributed by atoms with E-state index >= 15 is 0 Å². The van der Waals surface area contributed by atoms with Crippen LogP contribution >= 0.6 is 27.5 Å². The van der Waals surface area contributed by atoms with Gasteiger partial charge in [0.25, 0.3) is 0 Å². The van der Waals surface area contributed by atoms with Gasteiger partial charge in [-0.15, -0.1) is 0 Å². The fourth-order valence-electron chi connectivity index (χ4n) is 3.91. The van der Waals surface area contributed by atoms with Gasteiger partial charge in [0, 0.05) is 29.1 Å². The lowest BCUT2D eigenvalue weighted by atomic mass is 10.1. The first-order valence-corrected chi connectivity index (χ1v) is 13.7. The highest BCUT2D eigenvalue weighted by Crippen LogP contribution is 2.20. The molecule has 0 radical (unpaired) electrons. The van der Waals surface area contributed by atoms with Gasteiger partial charge in [-0.3, -0.25) is 9.59 Å². The van der Waals surface area contributed by atoms with E-state index < -0.39 is 28.5 Å². The fourth-order valence-corrected chi connectivity index (χ4v) is 5.42. The first-order valence-electron chi connectivity index (χ1n) is 11.1. The summed E-state index contributed by atoms with van der Waals surface area (Å²) in [6.45, 7) is 1.46. The molecule has 34 heavy (non-hydrogen) atoms. The standard InChI is InChI=1S/C24H29BrClN3O4S/c1-17(24(31)27-21-5-3-4-6-21)29(15-18-7-9-19(25)10-8-18)23(30)16-28(2)34(32,33)22-13-11-20(26)12-14-22/h7-14,17,21H,3-6,15-16H2,1-2H3,(H,27,31)/t17-/m1/s1. The summed E-state index contributed by atoms with van der Waals surface area (Å²) in [6, 6.07) is 12.6. The summed E-state index contributed by atoms with van der Waals surface area (Å²) in [7, 11) is -2.56. The highest BCUT2D eigenvalue weighted by Gasteiger charge is 2.31. The summed E-state index contributed by atoms with van der Waals surface area (Å²) < 4.78 is 27.8.